The molecule has 0 aliphatic carbocycles. The Balaban J connectivity index is 1.66. The number of nitrogens with one attached hydrogen (secondary N) is 2. The van der Waals surface area contributed by atoms with Crippen LogP contribution < -0.4 is 15.4 Å². The van der Waals surface area contributed by atoms with E-state index in [4.69, 9.17) is 4.74 Å². The Morgan fingerprint density at radius 2 is 2.22 bits per heavy atom. The smallest absolute Gasteiger partial charge is 0.257 e. The fourth-order valence-electron chi connectivity index (χ4n) is 1.90. The molecular formula is C13H17IN2O2. The molecule has 1 heterocycles. The second-order valence-electron chi connectivity index (χ2n) is 4.34. The highest BCUT2D eigenvalue weighted by molar-refractivity contribution is 14.1. The number of carbonyl (C=O) groups excluding carboxylic acids is 1. The van der Waals surface area contributed by atoms with Crippen LogP contribution in [0.25, 0.3) is 0 Å². The van der Waals surface area contributed by atoms with Crippen molar-refractivity contribution < 1.29 is 9.53 Å². The summed E-state index contributed by atoms with van der Waals surface area (Å²) in [6, 6.07) is 8.07. The lowest BCUT2D eigenvalue weighted by molar-refractivity contribution is -0.123. The Morgan fingerprint density at radius 1 is 1.44 bits per heavy atom. The molecule has 4 nitrogen and oxygen atoms in total. The Morgan fingerprint density at radius 3 is 2.89 bits per heavy atom. The van der Waals surface area contributed by atoms with Crippen molar-refractivity contribution >= 4 is 28.5 Å². The normalized spacial score (nSPS) is 18.6. The van der Waals surface area contributed by atoms with Crippen LogP contribution in [0.4, 0.5) is 0 Å². The summed E-state index contributed by atoms with van der Waals surface area (Å²) in [5.41, 5.74) is 0. The summed E-state index contributed by atoms with van der Waals surface area (Å²) in [6.45, 7) is 1.82. The molecule has 1 aromatic carbocycles. The molecule has 2 rings (SSSR count). The van der Waals surface area contributed by atoms with E-state index in [0.29, 0.717) is 12.6 Å². The Labute approximate surface area is 121 Å². The first kappa shape index (κ1) is 13.6. The summed E-state index contributed by atoms with van der Waals surface area (Å²) >= 11 is 2.23. The average molecular weight is 360 g/mol. The lowest BCUT2D eigenvalue weighted by Crippen LogP contribution is -2.39. The SMILES string of the molecule is O=C(COc1ccc(I)cc1)NCC1CCCN1. The molecule has 98 valence electrons. The highest BCUT2D eigenvalue weighted by atomic mass is 127. The number of benzene rings is 1. The van der Waals surface area contributed by atoms with Crippen LogP contribution in [0, 0.1) is 3.57 Å². The maximum atomic E-state index is 11.6. The molecule has 1 unspecified atom stereocenters. The zero-order chi connectivity index (χ0) is 12.8. The van der Waals surface area contributed by atoms with E-state index in [-0.39, 0.29) is 12.5 Å². The maximum absolute atomic E-state index is 11.6. The van der Waals surface area contributed by atoms with Gasteiger partial charge in [0.05, 0.1) is 0 Å². The highest BCUT2D eigenvalue weighted by Gasteiger charge is 2.14. The number of rotatable bonds is 5. The standard InChI is InChI=1S/C13H17IN2O2/c14-10-3-5-12(6-4-10)18-9-13(17)16-8-11-2-1-7-15-11/h3-6,11,15H,1-2,7-9H2,(H,16,17). The van der Waals surface area contributed by atoms with Crippen molar-refractivity contribution in [3.8, 4) is 5.75 Å². The second kappa shape index (κ2) is 6.94. The molecule has 1 fully saturated rings. The molecule has 1 aromatic rings. The van der Waals surface area contributed by atoms with Gasteiger partial charge in [0.1, 0.15) is 5.75 Å². The van der Waals surface area contributed by atoms with Crippen molar-refractivity contribution in [2.24, 2.45) is 0 Å². The van der Waals surface area contributed by atoms with Crippen molar-refractivity contribution in [3.63, 3.8) is 0 Å². The fourth-order valence-corrected chi connectivity index (χ4v) is 2.26. The minimum atomic E-state index is -0.0674. The molecule has 1 aliphatic heterocycles. The van der Waals surface area contributed by atoms with E-state index in [2.05, 4.69) is 33.2 Å². The van der Waals surface area contributed by atoms with Crippen LogP contribution in [0.3, 0.4) is 0 Å². The number of halogens is 1. The van der Waals surface area contributed by atoms with E-state index < -0.39 is 0 Å². The summed E-state index contributed by atoms with van der Waals surface area (Å²) in [7, 11) is 0. The zero-order valence-corrected chi connectivity index (χ0v) is 12.3. The molecule has 1 atom stereocenters. The van der Waals surface area contributed by atoms with Gasteiger partial charge in [0, 0.05) is 16.2 Å². The van der Waals surface area contributed by atoms with Crippen LogP contribution >= 0.6 is 22.6 Å². The van der Waals surface area contributed by atoms with Crippen molar-refractivity contribution in [2.75, 3.05) is 19.7 Å². The lowest BCUT2D eigenvalue weighted by atomic mass is 10.2. The van der Waals surface area contributed by atoms with E-state index in [1.54, 1.807) is 0 Å². The molecule has 1 saturated heterocycles. The molecule has 0 bridgehead atoms. The fraction of sp³-hybridized carbons (Fsp3) is 0.462. The first-order chi connectivity index (χ1) is 8.74. The van der Waals surface area contributed by atoms with Crippen LogP contribution in [0.1, 0.15) is 12.8 Å². The largest absolute Gasteiger partial charge is 0.484 e. The first-order valence-corrected chi connectivity index (χ1v) is 7.20. The van der Waals surface area contributed by atoms with Gasteiger partial charge in [-0.3, -0.25) is 4.79 Å². The van der Waals surface area contributed by atoms with Gasteiger partial charge in [0.25, 0.3) is 5.91 Å². The van der Waals surface area contributed by atoms with Crippen molar-refractivity contribution in [1.29, 1.82) is 0 Å². The molecule has 18 heavy (non-hydrogen) atoms. The zero-order valence-electron chi connectivity index (χ0n) is 10.1. The average Bonchev–Trinajstić information content (AvgIpc) is 2.89. The van der Waals surface area contributed by atoms with Gasteiger partial charge < -0.3 is 15.4 Å². The van der Waals surface area contributed by atoms with E-state index in [0.717, 1.165) is 22.3 Å². The monoisotopic (exact) mass is 360 g/mol. The molecule has 0 aromatic heterocycles. The third kappa shape index (κ3) is 4.45. The van der Waals surface area contributed by atoms with Gasteiger partial charge in [-0.15, -0.1) is 0 Å². The summed E-state index contributed by atoms with van der Waals surface area (Å²) in [5.74, 6) is 0.659. The maximum Gasteiger partial charge on any atom is 0.257 e. The van der Waals surface area contributed by atoms with Gasteiger partial charge in [0.2, 0.25) is 0 Å². The van der Waals surface area contributed by atoms with Crippen LogP contribution in [0.2, 0.25) is 0 Å². The van der Waals surface area contributed by atoms with E-state index >= 15 is 0 Å². The van der Waals surface area contributed by atoms with E-state index in [1.807, 2.05) is 24.3 Å². The molecule has 0 spiro atoms. The predicted molar refractivity (Wildman–Crippen MR) is 78.7 cm³/mol. The summed E-state index contributed by atoms with van der Waals surface area (Å²) in [6.07, 6.45) is 2.33. The van der Waals surface area contributed by atoms with E-state index in [1.165, 1.54) is 6.42 Å². The van der Waals surface area contributed by atoms with Crippen molar-refractivity contribution in [1.82, 2.24) is 10.6 Å². The third-order valence-electron chi connectivity index (χ3n) is 2.89. The number of amides is 1. The van der Waals surface area contributed by atoms with Gasteiger partial charge in [-0.2, -0.15) is 0 Å². The predicted octanol–water partition coefficient (Wildman–Crippen LogP) is 1.54. The topological polar surface area (TPSA) is 50.4 Å². The summed E-state index contributed by atoms with van der Waals surface area (Å²) < 4.78 is 6.55. The van der Waals surface area contributed by atoms with Crippen molar-refractivity contribution in [3.05, 3.63) is 27.8 Å². The molecule has 1 aliphatic rings. The molecular weight excluding hydrogens is 343 g/mol. The van der Waals surface area contributed by atoms with Gasteiger partial charge in [-0.25, -0.2) is 0 Å². The number of hydrogen-bond acceptors (Lipinski definition) is 3. The molecule has 0 saturated carbocycles. The molecule has 2 N–H and O–H groups in total. The number of carbonyl (C=O) groups is 1. The van der Waals surface area contributed by atoms with Crippen LogP contribution in [-0.4, -0.2) is 31.6 Å². The number of ether oxygens (including phenoxy) is 1. The van der Waals surface area contributed by atoms with Crippen molar-refractivity contribution in [2.45, 2.75) is 18.9 Å². The van der Waals surface area contributed by atoms with Gasteiger partial charge in [-0.1, -0.05) is 0 Å². The second-order valence-corrected chi connectivity index (χ2v) is 5.59. The summed E-state index contributed by atoms with van der Waals surface area (Å²) in [5, 5.41) is 6.21. The quantitative estimate of drug-likeness (QED) is 0.784. The van der Waals surface area contributed by atoms with Gasteiger partial charge in [0.15, 0.2) is 6.61 Å². The van der Waals surface area contributed by atoms with Crippen LogP contribution in [-0.2, 0) is 4.79 Å². The first-order valence-electron chi connectivity index (χ1n) is 6.12. The Kier molecular flexibility index (Phi) is 5.25. The minimum Gasteiger partial charge on any atom is -0.484 e. The number of hydrogen-bond donors (Lipinski definition) is 2. The van der Waals surface area contributed by atoms with E-state index in [9.17, 15) is 4.79 Å². The molecule has 1 amide bonds. The Bertz CT molecular complexity index is 388. The van der Waals surface area contributed by atoms with Crippen LogP contribution in [0.15, 0.2) is 24.3 Å². The summed E-state index contributed by atoms with van der Waals surface area (Å²) in [4.78, 5) is 11.6. The van der Waals surface area contributed by atoms with Gasteiger partial charge >= 0.3 is 0 Å². The lowest BCUT2D eigenvalue weighted by Gasteiger charge is -2.12. The van der Waals surface area contributed by atoms with Gasteiger partial charge in [-0.05, 0) is 66.2 Å². The Hall–Kier alpha value is -0.820. The minimum absolute atomic E-state index is 0.0674. The molecule has 5 heteroatoms. The third-order valence-corrected chi connectivity index (χ3v) is 3.61. The van der Waals surface area contributed by atoms with Crippen LogP contribution in [0.5, 0.6) is 5.75 Å². The highest BCUT2D eigenvalue weighted by Crippen LogP contribution is 2.13. The molecule has 0 radical (unpaired) electrons.